The largest absolute Gasteiger partial charge is 0.497 e. The Morgan fingerprint density at radius 3 is 1.83 bits per heavy atom. The van der Waals surface area contributed by atoms with Crippen LogP contribution in [-0.4, -0.2) is 93.7 Å². The SMILES string of the molecule is CCOC(=O)c1cc(-c2ccnc(C)n2)nn1Cc1cccc(OC)c1.CCOC(=O)c1cc(C(=O)/C=C/N(C)C)nn1Cc1cccc(OC)c1. The number of methoxy groups -OCH3 is 2. The van der Waals surface area contributed by atoms with E-state index < -0.39 is 11.9 Å². The number of ether oxygens (including phenoxy) is 4. The summed E-state index contributed by atoms with van der Waals surface area (Å²) in [5, 5.41) is 8.86. The van der Waals surface area contributed by atoms with E-state index in [1.807, 2.05) is 69.6 Å². The van der Waals surface area contributed by atoms with Gasteiger partial charge < -0.3 is 23.8 Å². The lowest BCUT2D eigenvalue weighted by atomic mass is 10.2. The quantitative estimate of drug-likeness (QED) is 0.0840. The van der Waals surface area contributed by atoms with Crippen LogP contribution in [0.15, 0.2) is 85.2 Å². The molecule has 0 aliphatic heterocycles. The van der Waals surface area contributed by atoms with Gasteiger partial charge in [-0.25, -0.2) is 19.6 Å². The van der Waals surface area contributed by atoms with Gasteiger partial charge in [0.2, 0.25) is 5.78 Å². The van der Waals surface area contributed by atoms with Crippen LogP contribution in [0.2, 0.25) is 0 Å². The number of rotatable bonds is 14. The minimum absolute atomic E-state index is 0.189. The molecule has 0 saturated heterocycles. The Balaban J connectivity index is 0.000000233. The highest BCUT2D eigenvalue weighted by molar-refractivity contribution is 6.04. The van der Waals surface area contributed by atoms with Gasteiger partial charge in [-0.3, -0.25) is 14.2 Å². The highest BCUT2D eigenvalue weighted by atomic mass is 16.5. The Morgan fingerprint density at radius 1 is 0.750 bits per heavy atom. The van der Waals surface area contributed by atoms with Gasteiger partial charge in [0, 0.05) is 44.7 Å². The molecule has 3 aromatic heterocycles. The van der Waals surface area contributed by atoms with Crippen LogP contribution in [0.5, 0.6) is 11.5 Å². The number of nitrogens with zero attached hydrogens (tertiary/aromatic N) is 7. The summed E-state index contributed by atoms with van der Waals surface area (Å²) in [6.45, 7) is 6.58. The number of allylic oxidation sites excluding steroid dienone is 1. The second-order valence-electron chi connectivity index (χ2n) is 11.4. The van der Waals surface area contributed by atoms with Crippen LogP contribution in [0.4, 0.5) is 0 Å². The van der Waals surface area contributed by atoms with E-state index in [4.69, 9.17) is 18.9 Å². The van der Waals surface area contributed by atoms with E-state index in [1.54, 1.807) is 62.2 Å². The van der Waals surface area contributed by atoms with Crippen LogP contribution in [0.3, 0.4) is 0 Å². The lowest BCUT2D eigenvalue weighted by molar-refractivity contribution is 0.0503. The standard InChI is InChI=1S/C19H20N4O3.C19H23N3O4/c1-4-26-19(24)18-11-17(16-8-9-20-13(2)21-16)22-23(18)12-14-6-5-7-15(10-14)25-3;1-5-26-19(24)17-12-16(18(23)9-10-21(2)3)20-22(17)13-14-7-6-8-15(11-14)25-4/h5-11H,4,12H2,1-3H3;6-12H,5,13H2,1-4H3/b;10-9+. The molecular weight excluding hydrogens is 666 g/mol. The van der Waals surface area contributed by atoms with Gasteiger partial charge in [0.25, 0.3) is 0 Å². The van der Waals surface area contributed by atoms with Gasteiger partial charge in [0.15, 0.2) is 0 Å². The van der Waals surface area contributed by atoms with Gasteiger partial charge in [-0.1, -0.05) is 24.3 Å². The summed E-state index contributed by atoms with van der Waals surface area (Å²) in [4.78, 5) is 47.1. The number of carbonyl (C=O) groups excluding carboxylic acids is 3. The zero-order valence-electron chi connectivity index (χ0n) is 30.4. The number of hydrogen-bond acceptors (Lipinski definition) is 12. The monoisotopic (exact) mass is 709 g/mol. The molecule has 2 aromatic carbocycles. The van der Waals surface area contributed by atoms with Gasteiger partial charge in [-0.15, -0.1) is 0 Å². The maximum absolute atomic E-state index is 12.3. The number of carbonyl (C=O) groups is 3. The first-order chi connectivity index (χ1) is 25.0. The Labute approximate surface area is 302 Å². The first-order valence-corrected chi connectivity index (χ1v) is 16.5. The van der Waals surface area contributed by atoms with E-state index in [-0.39, 0.29) is 23.8 Å². The van der Waals surface area contributed by atoms with E-state index in [1.165, 1.54) is 16.8 Å². The second-order valence-corrected chi connectivity index (χ2v) is 11.4. The normalized spacial score (nSPS) is 10.7. The minimum Gasteiger partial charge on any atom is -0.497 e. The summed E-state index contributed by atoms with van der Waals surface area (Å²) >= 11 is 0. The predicted molar refractivity (Wildman–Crippen MR) is 193 cm³/mol. The average Bonchev–Trinajstić information content (AvgIpc) is 3.76. The summed E-state index contributed by atoms with van der Waals surface area (Å²) < 4.78 is 23.8. The van der Waals surface area contributed by atoms with Crippen molar-refractivity contribution in [1.82, 2.24) is 34.4 Å². The number of hydrogen-bond donors (Lipinski definition) is 0. The average molecular weight is 710 g/mol. The van der Waals surface area contributed by atoms with Crippen molar-refractivity contribution in [3.63, 3.8) is 0 Å². The highest BCUT2D eigenvalue weighted by Gasteiger charge is 2.20. The summed E-state index contributed by atoms with van der Waals surface area (Å²) in [7, 11) is 6.84. The molecule has 14 heteroatoms. The lowest BCUT2D eigenvalue weighted by Crippen LogP contribution is -2.14. The fourth-order valence-corrected chi connectivity index (χ4v) is 4.85. The molecule has 0 radical (unpaired) electrons. The molecule has 5 aromatic rings. The Morgan fingerprint density at radius 2 is 1.31 bits per heavy atom. The van der Waals surface area contributed by atoms with Crippen LogP contribution < -0.4 is 9.47 Å². The molecule has 14 nitrogen and oxygen atoms in total. The van der Waals surface area contributed by atoms with Crippen molar-refractivity contribution < 1.29 is 33.3 Å². The third-order valence-corrected chi connectivity index (χ3v) is 7.28. The summed E-state index contributed by atoms with van der Waals surface area (Å²) in [5.74, 6) is 0.881. The van der Waals surface area contributed by atoms with Gasteiger partial charge in [0.1, 0.15) is 40.1 Å². The Hall–Kier alpha value is -6.31. The summed E-state index contributed by atoms with van der Waals surface area (Å²) in [6.07, 6.45) is 4.71. The number of ketones is 1. The van der Waals surface area contributed by atoms with Crippen molar-refractivity contribution in [2.45, 2.75) is 33.9 Å². The van der Waals surface area contributed by atoms with E-state index in [0.717, 1.165) is 16.9 Å². The zero-order chi connectivity index (χ0) is 37.6. The zero-order valence-corrected chi connectivity index (χ0v) is 30.4. The molecule has 0 aliphatic carbocycles. The molecule has 0 unspecified atom stereocenters. The molecule has 0 saturated carbocycles. The first kappa shape index (κ1) is 38.5. The van der Waals surface area contributed by atoms with Crippen molar-refractivity contribution >= 4 is 17.7 Å². The third kappa shape index (κ3) is 10.6. The lowest BCUT2D eigenvalue weighted by Gasteiger charge is -2.08. The molecule has 52 heavy (non-hydrogen) atoms. The molecule has 3 heterocycles. The topological polar surface area (TPSA) is 153 Å². The molecular formula is C38H43N7O7. The molecule has 0 atom stereocenters. The van der Waals surface area contributed by atoms with Gasteiger partial charge in [0.05, 0.1) is 46.2 Å². The fraction of sp³-hybridized carbons (Fsp3) is 0.289. The smallest absolute Gasteiger partial charge is 0.356 e. The second kappa shape index (κ2) is 18.6. The van der Waals surface area contributed by atoms with E-state index in [0.29, 0.717) is 48.4 Å². The van der Waals surface area contributed by atoms with Crippen molar-refractivity contribution in [2.75, 3.05) is 41.5 Å². The van der Waals surface area contributed by atoms with Crippen LogP contribution in [-0.2, 0) is 22.6 Å². The van der Waals surface area contributed by atoms with Crippen LogP contribution in [0, 0.1) is 6.92 Å². The van der Waals surface area contributed by atoms with Crippen molar-refractivity contribution in [3.8, 4) is 22.9 Å². The van der Waals surface area contributed by atoms with Gasteiger partial charge in [-0.2, -0.15) is 10.2 Å². The number of esters is 2. The molecule has 5 rings (SSSR count). The maximum atomic E-state index is 12.3. The fourth-order valence-electron chi connectivity index (χ4n) is 4.85. The first-order valence-electron chi connectivity index (χ1n) is 16.5. The van der Waals surface area contributed by atoms with Crippen LogP contribution >= 0.6 is 0 Å². The van der Waals surface area contributed by atoms with Crippen LogP contribution in [0.1, 0.15) is 62.3 Å². The predicted octanol–water partition coefficient (Wildman–Crippen LogP) is 5.26. The molecule has 272 valence electrons. The maximum Gasteiger partial charge on any atom is 0.356 e. The molecule has 0 spiro atoms. The molecule has 0 bridgehead atoms. The van der Waals surface area contributed by atoms with E-state index in [2.05, 4.69) is 20.2 Å². The highest BCUT2D eigenvalue weighted by Crippen LogP contribution is 2.21. The van der Waals surface area contributed by atoms with Gasteiger partial charge in [-0.05, 0) is 62.2 Å². The number of aromatic nitrogens is 6. The van der Waals surface area contributed by atoms with E-state index >= 15 is 0 Å². The van der Waals surface area contributed by atoms with E-state index in [9.17, 15) is 14.4 Å². The molecule has 0 aliphatic rings. The number of benzene rings is 2. The Bertz CT molecular complexity index is 2020. The molecule has 0 fully saturated rings. The third-order valence-electron chi connectivity index (χ3n) is 7.28. The van der Waals surface area contributed by atoms with Crippen molar-refractivity contribution in [1.29, 1.82) is 0 Å². The number of aryl methyl sites for hydroxylation is 1. The molecule has 0 N–H and O–H groups in total. The molecule has 0 amide bonds. The van der Waals surface area contributed by atoms with Crippen molar-refractivity contribution in [2.24, 2.45) is 0 Å². The Kier molecular flexibility index (Phi) is 13.8. The van der Waals surface area contributed by atoms with Gasteiger partial charge >= 0.3 is 11.9 Å². The summed E-state index contributed by atoms with van der Waals surface area (Å²) in [5.41, 5.74) is 3.91. The minimum atomic E-state index is -0.515. The summed E-state index contributed by atoms with van der Waals surface area (Å²) in [6, 6.07) is 20.0. The van der Waals surface area contributed by atoms with Crippen LogP contribution in [0.25, 0.3) is 11.4 Å². The van der Waals surface area contributed by atoms with Crippen molar-refractivity contribution in [3.05, 3.63) is 119 Å².